The van der Waals surface area contributed by atoms with E-state index in [9.17, 15) is 4.79 Å². The molecule has 4 rings (SSSR count). The normalized spacial score (nSPS) is 12.0. The number of fused-ring (bicyclic) bond motifs is 3. The molecule has 148 valence electrons. The minimum absolute atomic E-state index is 0.0591. The second kappa shape index (κ2) is 7.72. The van der Waals surface area contributed by atoms with E-state index in [1.807, 2.05) is 56.3 Å². The van der Waals surface area contributed by atoms with Gasteiger partial charge in [0.2, 0.25) is 0 Å². The number of hydrogen-bond acceptors (Lipinski definition) is 5. The van der Waals surface area contributed by atoms with Gasteiger partial charge in [0.05, 0.1) is 29.3 Å². The number of ether oxygens (including phenoxy) is 2. The van der Waals surface area contributed by atoms with Crippen LogP contribution in [0, 0.1) is 6.92 Å². The molecule has 0 aliphatic rings. The van der Waals surface area contributed by atoms with Crippen LogP contribution in [0.4, 0.5) is 0 Å². The highest BCUT2D eigenvalue weighted by atomic mass is 32.1. The van der Waals surface area contributed by atoms with Gasteiger partial charge in [0.1, 0.15) is 0 Å². The molecule has 2 heterocycles. The highest BCUT2D eigenvalue weighted by Gasteiger charge is 2.14. The largest absolute Gasteiger partial charge is 0.493 e. The predicted octanol–water partition coefficient (Wildman–Crippen LogP) is 3.90. The Hall–Kier alpha value is -3.12. The Labute approximate surface area is 172 Å². The van der Waals surface area contributed by atoms with Gasteiger partial charge in [-0.05, 0) is 55.7 Å². The van der Waals surface area contributed by atoms with Crippen LogP contribution in [-0.4, -0.2) is 23.1 Å². The summed E-state index contributed by atoms with van der Waals surface area (Å²) in [6.07, 6.45) is 4.36. The Morgan fingerprint density at radius 3 is 2.86 bits per heavy atom. The number of aryl methyl sites for hydroxylation is 1. The number of benzene rings is 2. The Morgan fingerprint density at radius 1 is 1.31 bits per heavy atom. The first-order valence-electron chi connectivity index (χ1n) is 9.44. The summed E-state index contributed by atoms with van der Waals surface area (Å²) in [6, 6.07) is 9.79. The Bertz CT molecular complexity index is 1330. The molecule has 0 saturated heterocycles. The molecule has 29 heavy (non-hydrogen) atoms. The van der Waals surface area contributed by atoms with Crippen LogP contribution in [0.25, 0.3) is 22.1 Å². The standard InChI is InChI=1S/C23H22N2O3S/c1-5-8-16-11-15(12-18(27-4)21(16)28-6-2)13-19-22(26)25-17-10-7-9-14(3)20(17)24-23(25)29-19/h5,7,9-13H,1,6,8H2,2-4H3/b19-13-. The van der Waals surface area contributed by atoms with Crippen LogP contribution < -0.4 is 19.6 Å². The number of allylic oxidation sites excluding steroid dienone is 1. The number of nitrogens with zero attached hydrogens (tertiary/aromatic N) is 2. The maximum absolute atomic E-state index is 13.1. The summed E-state index contributed by atoms with van der Waals surface area (Å²) in [7, 11) is 1.62. The number of aromatic nitrogens is 2. The number of para-hydroxylation sites is 1. The maximum Gasteiger partial charge on any atom is 0.274 e. The van der Waals surface area contributed by atoms with Gasteiger partial charge in [-0.3, -0.25) is 4.79 Å². The third-order valence-corrected chi connectivity index (χ3v) is 5.76. The van der Waals surface area contributed by atoms with Gasteiger partial charge in [0.25, 0.3) is 5.56 Å². The molecule has 2 aromatic heterocycles. The predicted molar refractivity (Wildman–Crippen MR) is 118 cm³/mol. The molecule has 0 atom stereocenters. The zero-order valence-electron chi connectivity index (χ0n) is 16.7. The first kappa shape index (κ1) is 19.2. The van der Waals surface area contributed by atoms with E-state index in [1.165, 1.54) is 11.3 Å². The molecule has 4 aromatic rings. The summed E-state index contributed by atoms with van der Waals surface area (Å²) in [5.74, 6) is 1.36. The number of hydrogen-bond donors (Lipinski definition) is 0. The van der Waals surface area contributed by atoms with Gasteiger partial charge in [-0.2, -0.15) is 0 Å². The Kier molecular flexibility index (Phi) is 5.11. The Balaban J connectivity index is 1.92. The molecular weight excluding hydrogens is 384 g/mol. The zero-order valence-corrected chi connectivity index (χ0v) is 17.5. The lowest BCUT2D eigenvalue weighted by Gasteiger charge is -2.14. The van der Waals surface area contributed by atoms with Gasteiger partial charge in [0, 0.05) is 5.56 Å². The van der Waals surface area contributed by atoms with Crippen molar-refractivity contribution in [1.29, 1.82) is 0 Å². The minimum Gasteiger partial charge on any atom is -0.493 e. The summed E-state index contributed by atoms with van der Waals surface area (Å²) in [4.78, 5) is 18.4. The molecule has 0 radical (unpaired) electrons. The van der Waals surface area contributed by atoms with Crippen LogP contribution in [0.1, 0.15) is 23.6 Å². The van der Waals surface area contributed by atoms with E-state index >= 15 is 0 Å². The van der Waals surface area contributed by atoms with E-state index in [2.05, 4.69) is 11.6 Å². The van der Waals surface area contributed by atoms with Crippen molar-refractivity contribution in [2.75, 3.05) is 13.7 Å². The van der Waals surface area contributed by atoms with Crippen molar-refractivity contribution in [3.63, 3.8) is 0 Å². The third-order valence-electron chi connectivity index (χ3n) is 4.80. The number of imidazole rings is 1. The molecule has 2 aromatic carbocycles. The van der Waals surface area contributed by atoms with Crippen LogP contribution in [-0.2, 0) is 6.42 Å². The van der Waals surface area contributed by atoms with Crippen LogP contribution in [0.2, 0.25) is 0 Å². The topological polar surface area (TPSA) is 52.8 Å². The van der Waals surface area contributed by atoms with Crippen molar-refractivity contribution in [1.82, 2.24) is 9.38 Å². The van der Waals surface area contributed by atoms with E-state index in [0.717, 1.165) is 33.5 Å². The van der Waals surface area contributed by atoms with Gasteiger partial charge >= 0.3 is 0 Å². The quantitative estimate of drug-likeness (QED) is 0.456. The van der Waals surface area contributed by atoms with E-state index in [1.54, 1.807) is 11.5 Å². The lowest BCUT2D eigenvalue weighted by Crippen LogP contribution is -2.22. The van der Waals surface area contributed by atoms with Gasteiger partial charge in [-0.25, -0.2) is 9.38 Å². The smallest absolute Gasteiger partial charge is 0.274 e. The van der Waals surface area contributed by atoms with Crippen molar-refractivity contribution in [2.45, 2.75) is 20.3 Å². The Morgan fingerprint density at radius 2 is 2.14 bits per heavy atom. The third kappa shape index (κ3) is 3.29. The van der Waals surface area contributed by atoms with Gasteiger partial charge in [-0.15, -0.1) is 6.58 Å². The van der Waals surface area contributed by atoms with Crippen molar-refractivity contribution in [3.8, 4) is 11.5 Å². The molecule has 0 bridgehead atoms. The van der Waals surface area contributed by atoms with Gasteiger partial charge < -0.3 is 9.47 Å². The monoisotopic (exact) mass is 406 g/mol. The molecule has 0 saturated carbocycles. The highest BCUT2D eigenvalue weighted by Crippen LogP contribution is 2.34. The average molecular weight is 407 g/mol. The molecule has 5 nitrogen and oxygen atoms in total. The SMILES string of the molecule is C=CCc1cc(/C=c2\sc3nc4c(C)cccc4n3c2=O)cc(OC)c1OCC. The van der Waals surface area contributed by atoms with Crippen molar-refractivity contribution < 1.29 is 9.47 Å². The van der Waals surface area contributed by atoms with Crippen LogP contribution in [0.5, 0.6) is 11.5 Å². The summed E-state index contributed by atoms with van der Waals surface area (Å²) < 4.78 is 13.6. The molecule has 0 unspecified atom stereocenters. The highest BCUT2D eigenvalue weighted by molar-refractivity contribution is 7.15. The molecule has 0 fully saturated rings. The number of methoxy groups -OCH3 is 1. The molecule has 0 aliphatic heterocycles. The van der Waals surface area contributed by atoms with Crippen LogP contribution in [0.3, 0.4) is 0 Å². The van der Waals surface area contributed by atoms with Crippen LogP contribution in [0.15, 0.2) is 47.8 Å². The average Bonchev–Trinajstić information content (AvgIpc) is 3.22. The lowest BCUT2D eigenvalue weighted by atomic mass is 10.1. The van der Waals surface area contributed by atoms with E-state index < -0.39 is 0 Å². The van der Waals surface area contributed by atoms with Crippen molar-refractivity contribution in [3.05, 3.63) is 74.6 Å². The van der Waals surface area contributed by atoms with E-state index in [4.69, 9.17) is 9.47 Å². The second-order valence-electron chi connectivity index (χ2n) is 6.73. The second-order valence-corrected chi connectivity index (χ2v) is 7.73. The summed E-state index contributed by atoms with van der Waals surface area (Å²) in [6.45, 7) is 8.32. The molecular formula is C23H22N2O3S. The molecule has 0 amide bonds. The minimum atomic E-state index is -0.0591. The fourth-order valence-electron chi connectivity index (χ4n) is 3.51. The first-order chi connectivity index (χ1) is 14.1. The summed E-state index contributed by atoms with van der Waals surface area (Å²) in [5.41, 5.74) is 4.58. The van der Waals surface area contributed by atoms with Gasteiger partial charge in [-0.1, -0.05) is 29.5 Å². The fraction of sp³-hybridized carbons (Fsp3) is 0.217. The van der Waals surface area contributed by atoms with E-state index in [-0.39, 0.29) is 5.56 Å². The fourth-order valence-corrected chi connectivity index (χ4v) is 4.49. The molecule has 6 heteroatoms. The van der Waals surface area contributed by atoms with Crippen LogP contribution >= 0.6 is 11.3 Å². The zero-order chi connectivity index (χ0) is 20.5. The summed E-state index contributed by atoms with van der Waals surface area (Å²) in [5, 5.41) is 0. The summed E-state index contributed by atoms with van der Waals surface area (Å²) >= 11 is 1.39. The lowest BCUT2D eigenvalue weighted by molar-refractivity contribution is 0.308. The van der Waals surface area contributed by atoms with Crippen molar-refractivity contribution >= 4 is 33.4 Å². The van der Waals surface area contributed by atoms with Gasteiger partial charge in [0.15, 0.2) is 16.5 Å². The number of thiazole rings is 1. The van der Waals surface area contributed by atoms with E-state index in [0.29, 0.717) is 28.3 Å². The molecule has 0 spiro atoms. The first-order valence-corrected chi connectivity index (χ1v) is 10.3. The maximum atomic E-state index is 13.1. The number of rotatable bonds is 6. The van der Waals surface area contributed by atoms with Crippen molar-refractivity contribution in [2.24, 2.45) is 0 Å². The molecule has 0 N–H and O–H groups in total. The molecule has 0 aliphatic carbocycles.